The van der Waals surface area contributed by atoms with Crippen LogP contribution < -0.4 is 20.1 Å². The van der Waals surface area contributed by atoms with Gasteiger partial charge in [0.25, 0.3) is 10.0 Å². The van der Waals surface area contributed by atoms with E-state index in [1.54, 1.807) is 13.0 Å². The number of ether oxygens (including phenoxy) is 1. The molecule has 0 saturated heterocycles. The minimum atomic E-state index is -4.40. The molecule has 3 aromatic rings. The van der Waals surface area contributed by atoms with E-state index in [0.717, 1.165) is 12.1 Å². The average Bonchev–Trinajstić information content (AvgIpc) is 2.83. The number of aryl methyl sites for hydroxylation is 1. The fourth-order valence-corrected chi connectivity index (χ4v) is 4.01. The molecule has 0 spiro atoms. The van der Waals surface area contributed by atoms with Crippen LogP contribution >= 0.6 is 11.6 Å². The third-order valence-electron chi connectivity index (χ3n) is 4.34. The molecule has 17 heteroatoms. The molecule has 0 fully saturated rings. The van der Waals surface area contributed by atoms with E-state index in [9.17, 15) is 31.2 Å². The van der Waals surface area contributed by atoms with Crippen molar-refractivity contribution in [2.75, 3.05) is 31.8 Å². The van der Waals surface area contributed by atoms with Gasteiger partial charge in [-0.05, 0) is 37.3 Å². The van der Waals surface area contributed by atoms with E-state index in [1.165, 1.54) is 56.4 Å². The molecular weight excluding hydrogens is 567 g/mol. The highest BCUT2D eigenvalue weighted by Crippen LogP contribution is 2.30. The second kappa shape index (κ2) is 13.1. The highest BCUT2D eigenvalue weighted by molar-refractivity contribution is 7.90. The van der Waals surface area contributed by atoms with Crippen molar-refractivity contribution in [3.63, 3.8) is 0 Å². The number of amides is 4. The van der Waals surface area contributed by atoms with Crippen molar-refractivity contribution >= 4 is 45.3 Å². The fraction of sp³-hybridized carbons (Fsp3) is 0.227. The van der Waals surface area contributed by atoms with Crippen molar-refractivity contribution in [3.8, 4) is 6.01 Å². The van der Waals surface area contributed by atoms with Gasteiger partial charge in [-0.25, -0.2) is 22.7 Å². The molecule has 4 amide bonds. The SMILES string of the molecule is CN(C)C(=O)Nc1cccc(C(F)(F)F)c1.COc1nc(C)nc(NC(=O)NS(=O)(=O)c2ccccc2Cl)n1. The zero-order valence-corrected chi connectivity index (χ0v) is 22.4. The lowest BCUT2D eigenvalue weighted by atomic mass is 10.2. The highest BCUT2D eigenvalue weighted by atomic mass is 35.5. The number of alkyl halides is 3. The number of hydrogen-bond acceptors (Lipinski definition) is 8. The lowest BCUT2D eigenvalue weighted by Crippen LogP contribution is -2.35. The molecule has 0 unspecified atom stereocenters. The van der Waals surface area contributed by atoms with Gasteiger partial charge in [0, 0.05) is 19.8 Å². The van der Waals surface area contributed by atoms with Gasteiger partial charge in [-0.15, -0.1) is 0 Å². The lowest BCUT2D eigenvalue weighted by molar-refractivity contribution is -0.137. The fourth-order valence-electron chi connectivity index (χ4n) is 2.58. The first kappa shape index (κ1) is 31.0. The van der Waals surface area contributed by atoms with Crippen LogP contribution in [-0.4, -0.2) is 61.5 Å². The zero-order valence-electron chi connectivity index (χ0n) is 20.9. The number of benzene rings is 2. The predicted octanol–water partition coefficient (Wildman–Crippen LogP) is 4.15. The predicted molar refractivity (Wildman–Crippen MR) is 136 cm³/mol. The van der Waals surface area contributed by atoms with E-state index in [0.29, 0.717) is 5.82 Å². The molecule has 0 aliphatic rings. The largest absolute Gasteiger partial charge is 0.467 e. The van der Waals surface area contributed by atoms with Crippen LogP contribution in [0.5, 0.6) is 6.01 Å². The van der Waals surface area contributed by atoms with Gasteiger partial charge in [0.1, 0.15) is 10.7 Å². The Morgan fingerprint density at radius 3 is 2.26 bits per heavy atom. The van der Waals surface area contributed by atoms with Gasteiger partial charge in [0.05, 0.1) is 17.7 Å². The summed E-state index contributed by atoms with van der Waals surface area (Å²) in [6, 6.07) is 8.68. The third kappa shape index (κ3) is 9.57. The van der Waals surface area contributed by atoms with E-state index < -0.39 is 33.8 Å². The van der Waals surface area contributed by atoms with E-state index in [2.05, 4.69) is 25.6 Å². The minimum Gasteiger partial charge on any atom is -0.467 e. The second-order valence-corrected chi connectivity index (χ2v) is 9.64. The molecule has 1 aromatic heterocycles. The summed E-state index contributed by atoms with van der Waals surface area (Å²) >= 11 is 5.81. The first-order valence-electron chi connectivity index (χ1n) is 10.6. The third-order valence-corrected chi connectivity index (χ3v) is 6.17. The Hall–Kier alpha value is -4.18. The molecule has 0 radical (unpaired) electrons. The molecule has 210 valence electrons. The van der Waals surface area contributed by atoms with Crippen molar-refractivity contribution < 1.29 is 35.9 Å². The first-order valence-corrected chi connectivity index (χ1v) is 12.5. The number of nitrogens with one attached hydrogen (secondary N) is 3. The second-order valence-electron chi connectivity index (χ2n) is 7.59. The smallest absolute Gasteiger partial charge is 0.416 e. The lowest BCUT2D eigenvalue weighted by Gasteiger charge is -2.13. The highest BCUT2D eigenvalue weighted by Gasteiger charge is 2.30. The maximum absolute atomic E-state index is 12.3. The minimum absolute atomic E-state index is 0.00882. The number of anilines is 2. The Balaban J connectivity index is 0.000000293. The van der Waals surface area contributed by atoms with Gasteiger partial charge >= 0.3 is 24.2 Å². The molecule has 0 aliphatic carbocycles. The summed E-state index contributed by atoms with van der Waals surface area (Å²) in [5.74, 6) is 0.141. The topological polar surface area (TPSA) is 156 Å². The van der Waals surface area contributed by atoms with Crippen molar-refractivity contribution in [1.82, 2.24) is 24.6 Å². The van der Waals surface area contributed by atoms with Crippen LogP contribution in [0.25, 0.3) is 0 Å². The van der Waals surface area contributed by atoms with E-state index in [4.69, 9.17) is 16.3 Å². The summed E-state index contributed by atoms with van der Waals surface area (Å²) in [6.45, 7) is 1.56. The summed E-state index contributed by atoms with van der Waals surface area (Å²) in [6.07, 6.45) is -4.40. The van der Waals surface area contributed by atoms with Crippen LogP contribution in [0.3, 0.4) is 0 Å². The maximum Gasteiger partial charge on any atom is 0.416 e. The normalized spacial score (nSPS) is 11.0. The van der Waals surface area contributed by atoms with Gasteiger partial charge in [0.2, 0.25) is 5.95 Å². The molecule has 0 bridgehead atoms. The molecule has 39 heavy (non-hydrogen) atoms. The summed E-state index contributed by atoms with van der Waals surface area (Å²) in [4.78, 5) is 35.5. The number of carbonyl (C=O) groups is 2. The Labute approximate surface area is 226 Å². The first-order chi connectivity index (χ1) is 18.1. The average molecular weight is 590 g/mol. The van der Waals surface area contributed by atoms with Crippen molar-refractivity contribution in [1.29, 1.82) is 0 Å². The number of aromatic nitrogens is 3. The van der Waals surface area contributed by atoms with Gasteiger partial charge in [-0.2, -0.15) is 28.1 Å². The van der Waals surface area contributed by atoms with Crippen molar-refractivity contribution in [2.24, 2.45) is 0 Å². The standard InChI is InChI=1S/C12H12ClN5O4S.C10H11F3N2O/c1-7-14-10(17-12(15-7)22-2)16-11(19)18-23(20,21)9-6-4-3-5-8(9)13;1-15(2)9(16)14-8-5-3-4-7(6-8)10(11,12)13/h3-6H,1-2H3,(H2,14,15,16,17,18,19);3-6H,1-2H3,(H,14,16). The van der Waals surface area contributed by atoms with E-state index >= 15 is 0 Å². The van der Waals surface area contributed by atoms with E-state index in [-0.39, 0.29) is 27.6 Å². The summed E-state index contributed by atoms with van der Waals surface area (Å²) in [5.41, 5.74) is -0.669. The zero-order chi connectivity index (χ0) is 29.4. The van der Waals surface area contributed by atoms with Gasteiger partial charge in [0.15, 0.2) is 0 Å². The van der Waals surface area contributed by atoms with Crippen LogP contribution in [0.4, 0.5) is 34.4 Å². The number of hydrogen-bond donors (Lipinski definition) is 3. The van der Waals surface area contributed by atoms with Crippen LogP contribution in [-0.2, 0) is 16.2 Å². The number of carbonyl (C=O) groups excluding carboxylic acids is 2. The number of urea groups is 2. The Kier molecular flexibility index (Phi) is 10.4. The number of rotatable bonds is 5. The van der Waals surface area contributed by atoms with Crippen molar-refractivity contribution in [3.05, 3.63) is 64.9 Å². The molecule has 0 saturated carbocycles. The molecule has 2 aromatic carbocycles. The quantitative estimate of drug-likeness (QED) is 0.401. The Morgan fingerprint density at radius 2 is 1.67 bits per heavy atom. The van der Waals surface area contributed by atoms with Gasteiger partial charge in [-0.1, -0.05) is 29.8 Å². The van der Waals surface area contributed by atoms with Gasteiger partial charge in [-0.3, -0.25) is 5.32 Å². The summed E-state index contributed by atoms with van der Waals surface area (Å²) in [7, 11) is 0.221. The molecule has 0 atom stereocenters. The summed E-state index contributed by atoms with van der Waals surface area (Å²) in [5, 5.41) is 4.52. The van der Waals surface area contributed by atoms with Crippen molar-refractivity contribution in [2.45, 2.75) is 18.0 Å². The molecule has 3 N–H and O–H groups in total. The van der Waals surface area contributed by atoms with Crippen LogP contribution in [0.1, 0.15) is 11.4 Å². The number of methoxy groups -OCH3 is 1. The number of halogens is 4. The molecule has 1 heterocycles. The number of nitrogens with zero attached hydrogens (tertiary/aromatic N) is 4. The van der Waals surface area contributed by atoms with Crippen LogP contribution in [0.2, 0.25) is 5.02 Å². The van der Waals surface area contributed by atoms with E-state index in [1.807, 2.05) is 4.72 Å². The molecule has 3 rings (SSSR count). The Bertz CT molecular complexity index is 1440. The molecule has 12 nitrogen and oxygen atoms in total. The van der Waals surface area contributed by atoms with Crippen LogP contribution in [0.15, 0.2) is 53.4 Å². The molecular formula is C22H23ClF3N7O5S. The monoisotopic (exact) mass is 589 g/mol. The maximum atomic E-state index is 12.3. The Morgan fingerprint density at radius 1 is 1.00 bits per heavy atom. The summed E-state index contributed by atoms with van der Waals surface area (Å²) < 4.78 is 67.9. The molecule has 0 aliphatic heterocycles. The van der Waals surface area contributed by atoms with Gasteiger partial charge < -0.3 is 15.0 Å². The van der Waals surface area contributed by atoms with Crippen LogP contribution in [0, 0.1) is 6.92 Å². The number of sulfonamides is 1.